The van der Waals surface area contributed by atoms with E-state index in [0.29, 0.717) is 5.78 Å². The van der Waals surface area contributed by atoms with E-state index in [2.05, 4.69) is 0 Å². The smallest absolute Gasteiger partial charge is 0.152 e. The minimum absolute atomic E-state index is 0.0778. The summed E-state index contributed by atoms with van der Waals surface area (Å²) in [4.78, 5) is 17.1. The van der Waals surface area contributed by atoms with Crippen LogP contribution in [0.25, 0.3) is 0 Å². The summed E-state index contributed by atoms with van der Waals surface area (Å²) in [6.45, 7) is 1.74. The molecular formula is C10H17NO2. The SMILES string of the molecule is O=C1CCCCC1N1CCCCO1. The Morgan fingerprint density at radius 3 is 2.85 bits per heavy atom. The van der Waals surface area contributed by atoms with Crippen molar-refractivity contribution in [3.05, 3.63) is 0 Å². The van der Waals surface area contributed by atoms with E-state index in [-0.39, 0.29) is 6.04 Å². The molecule has 1 atom stereocenters. The van der Waals surface area contributed by atoms with Crippen LogP contribution < -0.4 is 0 Å². The van der Waals surface area contributed by atoms with Gasteiger partial charge in [0, 0.05) is 13.0 Å². The fraction of sp³-hybridized carbons (Fsp3) is 0.900. The molecule has 1 saturated carbocycles. The van der Waals surface area contributed by atoms with E-state index in [1.165, 1.54) is 12.8 Å². The third-order valence-electron chi connectivity index (χ3n) is 2.90. The van der Waals surface area contributed by atoms with Crippen LogP contribution in [0.3, 0.4) is 0 Å². The van der Waals surface area contributed by atoms with Gasteiger partial charge in [0.05, 0.1) is 12.6 Å². The highest BCUT2D eigenvalue weighted by Crippen LogP contribution is 2.22. The number of rotatable bonds is 1. The van der Waals surface area contributed by atoms with Gasteiger partial charge in [-0.3, -0.25) is 9.63 Å². The first kappa shape index (κ1) is 9.16. The van der Waals surface area contributed by atoms with Crippen LogP contribution in [0, 0.1) is 0 Å². The minimum Gasteiger partial charge on any atom is -0.298 e. The Morgan fingerprint density at radius 2 is 2.15 bits per heavy atom. The van der Waals surface area contributed by atoms with Crippen LogP contribution in [0.4, 0.5) is 0 Å². The van der Waals surface area contributed by atoms with Crippen LogP contribution in [-0.2, 0) is 9.63 Å². The second-order valence-corrected chi connectivity index (χ2v) is 3.91. The largest absolute Gasteiger partial charge is 0.298 e. The quantitative estimate of drug-likeness (QED) is 0.617. The predicted octanol–water partition coefficient (Wildman–Crippen LogP) is 1.53. The fourth-order valence-corrected chi connectivity index (χ4v) is 2.13. The molecule has 0 aromatic rings. The number of hydrogen-bond acceptors (Lipinski definition) is 3. The summed E-state index contributed by atoms with van der Waals surface area (Å²) in [5.41, 5.74) is 0. The lowest BCUT2D eigenvalue weighted by molar-refractivity contribution is -0.209. The number of hydroxylamine groups is 2. The third-order valence-corrected chi connectivity index (χ3v) is 2.90. The average Bonchev–Trinajstić information content (AvgIpc) is 2.20. The Bertz CT molecular complexity index is 187. The van der Waals surface area contributed by atoms with Crippen LogP contribution in [0.5, 0.6) is 0 Å². The summed E-state index contributed by atoms with van der Waals surface area (Å²) in [6, 6.07) is 0.0778. The summed E-state index contributed by atoms with van der Waals surface area (Å²) in [7, 11) is 0. The van der Waals surface area contributed by atoms with Gasteiger partial charge in [0.25, 0.3) is 0 Å². The molecule has 0 amide bonds. The van der Waals surface area contributed by atoms with Crippen molar-refractivity contribution in [2.45, 2.75) is 44.6 Å². The number of hydrogen-bond donors (Lipinski definition) is 0. The number of nitrogens with zero attached hydrogens (tertiary/aromatic N) is 1. The average molecular weight is 183 g/mol. The highest BCUT2D eigenvalue weighted by molar-refractivity contribution is 5.84. The van der Waals surface area contributed by atoms with Crippen molar-refractivity contribution < 1.29 is 9.63 Å². The highest BCUT2D eigenvalue weighted by atomic mass is 16.7. The van der Waals surface area contributed by atoms with E-state index < -0.39 is 0 Å². The molecule has 1 heterocycles. The third kappa shape index (κ3) is 2.09. The van der Waals surface area contributed by atoms with Crippen LogP contribution in [-0.4, -0.2) is 30.0 Å². The van der Waals surface area contributed by atoms with Gasteiger partial charge < -0.3 is 0 Å². The zero-order valence-electron chi connectivity index (χ0n) is 8.00. The topological polar surface area (TPSA) is 29.5 Å². The van der Waals surface area contributed by atoms with Crippen LogP contribution in [0.2, 0.25) is 0 Å². The van der Waals surface area contributed by atoms with Crippen molar-refractivity contribution in [3.8, 4) is 0 Å². The highest BCUT2D eigenvalue weighted by Gasteiger charge is 2.29. The minimum atomic E-state index is 0.0778. The van der Waals surface area contributed by atoms with Crippen LogP contribution >= 0.6 is 0 Å². The summed E-state index contributed by atoms with van der Waals surface area (Å²) >= 11 is 0. The predicted molar refractivity (Wildman–Crippen MR) is 49.2 cm³/mol. The first-order valence-electron chi connectivity index (χ1n) is 5.30. The maximum Gasteiger partial charge on any atom is 0.152 e. The van der Waals surface area contributed by atoms with Gasteiger partial charge in [-0.2, -0.15) is 5.06 Å². The van der Waals surface area contributed by atoms with Crippen molar-refractivity contribution in [2.24, 2.45) is 0 Å². The van der Waals surface area contributed by atoms with Gasteiger partial charge in [0.1, 0.15) is 0 Å². The van der Waals surface area contributed by atoms with Crippen molar-refractivity contribution in [2.75, 3.05) is 13.2 Å². The van der Waals surface area contributed by atoms with E-state index in [1.54, 1.807) is 0 Å². The molecule has 0 aromatic carbocycles. The second-order valence-electron chi connectivity index (χ2n) is 3.91. The fourth-order valence-electron chi connectivity index (χ4n) is 2.13. The number of Topliss-reactive ketones (excluding diaryl/α,β-unsaturated/α-hetero) is 1. The maximum absolute atomic E-state index is 11.6. The van der Waals surface area contributed by atoms with E-state index in [1.807, 2.05) is 5.06 Å². The second kappa shape index (κ2) is 4.20. The molecule has 3 nitrogen and oxygen atoms in total. The van der Waals surface area contributed by atoms with Gasteiger partial charge in [0.2, 0.25) is 0 Å². The maximum atomic E-state index is 11.6. The molecule has 0 bridgehead atoms. The zero-order valence-corrected chi connectivity index (χ0v) is 8.00. The number of carbonyl (C=O) groups excluding carboxylic acids is 1. The molecule has 0 N–H and O–H groups in total. The Kier molecular flexibility index (Phi) is 2.96. The lowest BCUT2D eigenvalue weighted by atomic mass is 9.93. The Balaban J connectivity index is 1.92. The van der Waals surface area contributed by atoms with Gasteiger partial charge in [-0.1, -0.05) is 6.42 Å². The molecule has 0 spiro atoms. The molecule has 1 aliphatic carbocycles. The van der Waals surface area contributed by atoms with E-state index in [9.17, 15) is 4.79 Å². The molecule has 1 aliphatic heterocycles. The van der Waals surface area contributed by atoms with Gasteiger partial charge in [-0.05, 0) is 25.7 Å². The molecule has 1 saturated heterocycles. The summed E-state index contributed by atoms with van der Waals surface area (Å²) < 4.78 is 0. The molecule has 0 radical (unpaired) electrons. The molecule has 2 aliphatic rings. The molecule has 2 rings (SSSR count). The first-order chi connectivity index (χ1) is 6.38. The zero-order chi connectivity index (χ0) is 9.10. The van der Waals surface area contributed by atoms with Crippen molar-refractivity contribution in [1.82, 2.24) is 5.06 Å². The number of carbonyl (C=O) groups is 1. The first-order valence-corrected chi connectivity index (χ1v) is 5.30. The molecule has 0 aromatic heterocycles. The van der Waals surface area contributed by atoms with Gasteiger partial charge in [-0.25, -0.2) is 0 Å². The molecule has 74 valence electrons. The molecular weight excluding hydrogens is 166 g/mol. The summed E-state index contributed by atoms with van der Waals surface area (Å²) in [5.74, 6) is 0.383. The Morgan fingerprint density at radius 1 is 1.23 bits per heavy atom. The van der Waals surface area contributed by atoms with E-state index in [4.69, 9.17) is 4.84 Å². The molecule has 1 unspecified atom stereocenters. The Labute approximate surface area is 79.0 Å². The lowest BCUT2D eigenvalue weighted by Gasteiger charge is -2.34. The monoisotopic (exact) mass is 183 g/mol. The molecule has 13 heavy (non-hydrogen) atoms. The molecule has 2 fully saturated rings. The molecule has 3 heteroatoms. The standard InChI is InChI=1S/C10H17NO2/c12-10-6-2-1-5-9(10)11-7-3-4-8-13-11/h9H,1-8H2. The van der Waals surface area contributed by atoms with E-state index >= 15 is 0 Å². The normalized spacial score (nSPS) is 32.0. The van der Waals surface area contributed by atoms with Crippen molar-refractivity contribution in [3.63, 3.8) is 0 Å². The van der Waals surface area contributed by atoms with Crippen molar-refractivity contribution >= 4 is 5.78 Å². The van der Waals surface area contributed by atoms with Crippen molar-refractivity contribution in [1.29, 1.82) is 0 Å². The van der Waals surface area contributed by atoms with Crippen LogP contribution in [0.15, 0.2) is 0 Å². The van der Waals surface area contributed by atoms with Gasteiger partial charge in [-0.15, -0.1) is 0 Å². The van der Waals surface area contributed by atoms with Gasteiger partial charge in [0.15, 0.2) is 5.78 Å². The van der Waals surface area contributed by atoms with Gasteiger partial charge >= 0.3 is 0 Å². The van der Waals surface area contributed by atoms with E-state index in [0.717, 1.165) is 38.8 Å². The lowest BCUT2D eigenvalue weighted by Crippen LogP contribution is -2.45. The van der Waals surface area contributed by atoms with Crippen LogP contribution in [0.1, 0.15) is 38.5 Å². The summed E-state index contributed by atoms with van der Waals surface area (Å²) in [6.07, 6.45) is 6.31. The number of ketones is 1. The summed E-state index contributed by atoms with van der Waals surface area (Å²) in [5, 5.41) is 1.92. The Hall–Kier alpha value is -0.410.